The fourth-order valence-corrected chi connectivity index (χ4v) is 2.54. The van der Waals surface area contributed by atoms with Gasteiger partial charge in [-0.15, -0.1) is 0 Å². The molecule has 1 aromatic carbocycles. The first-order valence-electron chi connectivity index (χ1n) is 6.32. The van der Waals surface area contributed by atoms with E-state index in [1.54, 1.807) is 12.1 Å². The number of nitriles is 1. The lowest BCUT2D eigenvalue weighted by Gasteiger charge is -2.31. The number of hydrogen-bond donors (Lipinski definition) is 0. The highest BCUT2D eigenvalue weighted by Gasteiger charge is 2.34. The van der Waals surface area contributed by atoms with Gasteiger partial charge >= 0.3 is 0 Å². The predicted octanol–water partition coefficient (Wildman–Crippen LogP) is 2.50. The van der Waals surface area contributed by atoms with E-state index in [0.717, 1.165) is 24.9 Å². The Bertz CT molecular complexity index is 482. The topological polar surface area (TPSA) is 44.1 Å². The summed E-state index contributed by atoms with van der Waals surface area (Å²) in [5.74, 6) is 0.183. The predicted molar refractivity (Wildman–Crippen MR) is 69.9 cm³/mol. The van der Waals surface area contributed by atoms with Gasteiger partial charge in [-0.2, -0.15) is 5.26 Å². The van der Waals surface area contributed by atoms with Crippen LogP contribution < -0.4 is 0 Å². The lowest BCUT2D eigenvalue weighted by Crippen LogP contribution is -2.43. The van der Waals surface area contributed by atoms with Crippen LogP contribution in [0.1, 0.15) is 37.8 Å². The van der Waals surface area contributed by atoms with E-state index in [-0.39, 0.29) is 11.4 Å². The molecule has 94 valence electrons. The molecular weight excluding hydrogens is 224 g/mol. The van der Waals surface area contributed by atoms with Crippen LogP contribution in [0, 0.1) is 11.3 Å². The van der Waals surface area contributed by atoms with Crippen molar-refractivity contribution in [3.63, 3.8) is 0 Å². The van der Waals surface area contributed by atoms with E-state index in [4.69, 9.17) is 5.26 Å². The van der Waals surface area contributed by atoms with E-state index in [1.165, 1.54) is 0 Å². The summed E-state index contributed by atoms with van der Waals surface area (Å²) >= 11 is 0. The molecule has 0 N–H and O–H groups in total. The van der Waals surface area contributed by atoms with Crippen LogP contribution in [0.2, 0.25) is 0 Å². The van der Waals surface area contributed by atoms with Crippen molar-refractivity contribution in [2.24, 2.45) is 0 Å². The molecule has 0 spiro atoms. The summed E-state index contributed by atoms with van der Waals surface area (Å²) in [5.41, 5.74) is 1.60. The van der Waals surface area contributed by atoms with Crippen molar-refractivity contribution in [1.82, 2.24) is 4.90 Å². The maximum Gasteiger partial charge on any atom is 0.227 e. The van der Waals surface area contributed by atoms with Gasteiger partial charge in [-0.1, -0.05) is 12.1 Å². The van der Waals surface area contributed by atoms with Crippen LogP contribution in [0.4, 0.5) is 0 Å². The van der Waals surface area contributed by atoms with Crippen molar-refractivity contribution in [2.75, 3.05) is 6.54 Å². The zero-order valence-electron chi connectivity index (χ0n) is 10.9. The fourth-order valence-electron chi connectivity index (χ4n) is 2.54. The Morgan fingerprint density at radius 3 is 2.56 bits per heavy atom. The van der Waals surface area contributed by atoms with Gasteiger partial charge < -0.3 is 4.90 Å². The van der Waals surface area contributed by atoms with Crippen molar-refractivity contribution in [3.8, 4) is 6.07 Å². The van der Waals surface area contributed by atoms with Gasteiger partial charge in [0, 0.05) is 12.1 Å². The van der Waals surface area contributed by atoms with Gasteiger partial charge in [0.25, 0.3) is 0 Å². The summed E-state index contributed by atoms with van der Waals surface area (Å²) in [6, 6.07) is 9.32. The summed E-state index contributed by atoms with van der Waals surface area (Å²) in [6.45, 7) is 5.11. The zero-order chi connectivity index (χ0) is 13.2. The number of carbonyl (C=O) groups is 1. The van der Waals surface area contributed by atoms with Crippen molar-refractivity contribution in [1.29, 1.82) is 5.26 Å². The highest BCUT2D eigenvalue weighted by molar-refractivity contribution is 5.79. The minimum absolute atomic E-state index is 0.0102. The Labute approximate surface area is 108 Å². The lowest BCUT2D eigenvalue weighted by molar-refractivity contribution is -0.133. The number of likely N-dealkylation sites (tertiary alicyclic amines) is 1. The van der Waals surface area contributed by atoms with E-state index < -0.39 is 0 Å². The third kappa shape index (κ3) is 2.53. The quantitative estimate of drug-likeness (QED) is 0.799. The summed E-state index contributed by atoms with van der Waals surface area (Å²) in [5, 5.41) is 8.73. The van der Waals surface area contributed by atoms with Crippen molar-refractivity contribution in [3.05, 3.63) is 35.4 Å². The van der Waals surface area contributed by atoms with Crippen LogP contribution in [-0.4, -0.2) is 22.9 Å². The third-order valence-electron chi connectivity index (χ3n) is 3.64. The maximum atomic E-state index is 12.2. The average molecular weight is 242 g/mol. The van der Waals surface area contributed by atoms with Gasteiger partial charge in [-0.25, -0.2) is 0 Å². The second-order valence-corrected chi connectivity index (χ2v) is 5.45. The Morgan fingerprint density at radius 2 is 2.06 bits per heavy atom. The Balaban J connectivity index is 2.05. The van der Waals surface area contributed by atoms with Gasteiger partial charge in [0.1, 0.15) is 0 Å². The molecular formula is C15H18N2O. The summed E-state index contributed by atoms with van der Waals surface area (Å²) in [6.07, 6.45) is 2.59. The molecule has 1 aliphatic rings. The number of benzene rings is 1. The molecule has 0 atom stereocenters. The highest BCUT2D eigenvalue weighted by atomic mass is 16.2. The number of amides is 1. The minimum atomic E-state index is -0.0102. The zero-order valence-corrected chi connectivity index (χ0v) is 10.9. The molecule has 2 rings (SSSR count). The van der Waals surface area contributed by atoms with E-state index in [9.17, 15) is 4.79 Å². The summed E-state index contributed by atoms with van der Waals surface area (Å²) in [7, 11) is 0. The maximum absolute atomic E-state index is 12.2. The van der Waals surface area contributed by atoms with Gasteiger partial charge in [-0.05, 0) is 44.4 Å². The number of hydrogen-bond acceptors (Lipinski definition) is 2. The molecule has 1 amide bonds. The third-order valence-corrected chi connectivity index (χ3v) is 3.64. The van der Waals surface area contributed by atoms with Gasteiger partial charge in [0.2, 0.25) is 5.91 Å². The second-order valence-electron chi connectivity index (χ2n) is 5.45. The SMILES string of the molecule is CC1(C)CCCN1C(=O)Cc1ccc(C#N)cc1. The molecule has 0 aromatic heterocycles. The molecule has 1 heterocycles. The highest BCUT2D eigenvalue weighted by Crippen LogP contribution is 2.28. The first-order chi connectivity index (χ1) is 8.53. The van der Waals surface area contributed by atoms with E-state index in [2.05, 4.69) is 19.9 Å². The Kier molecular flexibility index (Phi) is 3.38. The molecule has 1 aromatic rings. The fraction of sp³-hybridized carbons (Fsp3) is 0.467. The first kappa shape index (κ1) is 12.6. The minimum Gasteiger partial charge on any atom is -0.337 e. The number of carbonyl (C=O) groups excluding carboxylic acids is 1. The molecule has 0 radical (unpaired) electrons. The largest absolute Gasteiger partial charge is 0.337 e. The Morgan fingerprint density at radius 1 is 1.39 bits per heavy atom. The van der Waals surface area contributed by atoms with Crippen molar-refractivity contribution < 1.29 is 4.79 Å². The first-order valence-corrected chi connectivity index (χ1v) is 6.32. The van der Waals surface area contributed by atoms with E-state index in [0.29, 0.717) is 12.0 Å². The van der Waals surface area contributed by atoms with Crippen molar-refractivity contribution >= 4 is 5.91 Å². The normalized spacial score (nSPS) is 17.5. The Hall–Kier alpha value is -1.82. The molecule has 1 saturated heterocycles. The molecule has 3 heteroatoms. The summed E-state index contributed by atoms with van der Waals surface area (Å²) in [4.78, 5) is 14.2. The van der Waals surface area contributed by atoms with E-state index >= 15 is 0 Å². The van der Waals surface area contributed by atoms with Crippen molar-refractivity contribution in [2.45, 2.75) is 38.6 Å². The second kappa shape index (κ2) is 4.81. The lowest BCUT2D eigenvalue weighted by atomic mass is 10.0. The summed E-state index contributed by atoms with van der Waals surface area (Å²) < 4.78 is 0. The molecule has 3 nitrogen and oxygen atoms in total. The van der Waals surface area contributed by atoms with Crippen LogP contribution in [0.15, 0.2) is 24.3 Å². The van der Waals surface area contributed by atoms with Crippen LogP contribution >= 0.6 is 0 Å². The van der Waals surface area contributed by atoms with Gasteiger partial charge in [-0.3, -0.25) is 4.79 Å². The number of rotatable bonds is 2. The molecule has 0 saturated carbocycles. The van der Waals surface area contributed by atoms with E-state index in [1.807, 2.05) is 17.0 Å². The monoisotopic (exact) mass is 242 g/mol. The average Bonchev–Trinajstić information content (AvgIpc) is 2.70. The molecule has 0 bridgehead atoms. The van der Waals surface area contributed by atoms with Crippen LogP contribution in [-0.2, 0) is 11.2 Å². The van der Waals surface area contributed by atoms with Crippen LogP contribution in [0.25, 0.3) is 0 Å². The number of nitrogens with zero attached hydrogens (tertiary/aromatic N) is 2. The molecule has 18 heavy (non-hydrogen) atoms. The molecule has 0 aliphatic carbocycles. The standard InChI is InChI=1S/C15H18N2O/c1-15(2)8-3-9-17(15)14(18)10-12-4-6-13(11-16)7-5-12/h4-7H,3,8-10H2,1-2H3. The van der Waals surface area contributed by atoms with Crippen LogP contribution in [0.3, 0.4) is 0 Å². The van der Waals surface area contributed by atoms with Gasteiger partial charge in [0.15, 0.2) is 0 Å². The molecule has 1 fully saturated rings. The smallest absolute Gasteiger partial charge is 0.227 e. The molecule has 1 aliphatic heterocycles. The van der Waals surface area contributed by atoms with Crippen LogP contribution in [0.5, 0.6) is 0 Å². The molecule has 0 unspecified atom stereocenters. The van der Waals surface area contributed by atoms with Gasteiger partial charge in [0.05, 0.1) is 18.1 Å².